The monoisotopic (exact) mass is 232 g/mol. The predicted octanol–water partition coefficient (Wildman–Crippen LogP) is 1.66. The Hall–Kier alpha value is -2.30. The second-order valence-corrected chi connectivity index (χ2v) is 3.45. The number of hydrogen-bond acceptors (Lipinski definition) is 3. The number of carbonyl (C=O) groups is 1. The molecule has 5 heteroatoms. The van der Waals surface area contributed by atoms with Gasteiger partial charge in [0.15, 0.2) is 0 Å². The number of carboxylic acid groups (broad SMARTS) is 1. The molecule has 1 heterocycles. The molecule has 1 N–H and O–H groups in total. The minimum Gasteiger partial charge on any atom is -0.492 e. The minimum absolute atomic E-state index is 0.254. The second kappa shape index (κ2) is 5.16. The number of carboxylic acids is 1. The van der Waals surface area contributed by atoms with Crippen LogP contribution >= 0.6 is 0 Å². The highest BCUT2D eigenvalue weighted by Crippen LogP contribution is 2.12. The van der Waals surface area contributed by atoms with Gasteiger partial charge < -0.3 is 9.84 Å². The molecule has 0 aliphatic rings. The van der Waals surface area contributed by atoms with Crippen molar-refractivity contribution in [1.82, 2.24) is 9.78 Å². The van der Waals surface area contributed by atoms with E-state index in [0.29, 0.717) is 18.9 Å². The van der Waals surface area contributed by atoms with Crippen LogP contribution in [0.2, 0.25) is 0 Å². The molecular weight excluding hydrogens is 220 g/mol. The summed E-state index contributed by atoms with van der Waals surface area (Å²) in [7, 11) is 0. The second-order valence-electron chi connectivity index (χ2n) is 3.45. The van der Waals surface area contributed by atoms with Crippen LogP contribution in [0.15, 0.2) is 42.7 Å². The fourth-order valence-electron chi connectivity index (χ4n) is 1.38. The number of aromatic carboxylic acids is 1. The average molecular weight is 232 g/mol. The van der Waals surface area contributed by atoms with E-state index in [-0.39, 0.29) is 5.56 Å². The van der Waals surface area contributed by atoms with Gasteiger partial charge in [0.05, 0.1) is 12.1 Å². The number of aromatic nitrogens is 2. The largest absolute Gasteiger partial charge is 0.492 e. The molecule has 0 saturated heterocycles. The van der Waals surface area contributed by atoms with Gasteiger partial charge in [-0.3, -0.25) is 4.68 Å². The lowest BCUT2D eigenvalue weighted by Crippen LogP contribution is -2.08. The van der Waals surface area contributed by atoms with Gasteiger partial charge in [-0.05, 0) is 30.3 Å². The van der Waals surface area contributed by atoms with Crippen molar-refractivity contribution in [3.8, 4) is 5.75 Å². The van der Waals surface area contributed by atoms with E-state index in [1.54, 1.807) is 23.0 Å². The summed E-state index contributed by atoms with van der Waals surface area (Å²) in [4.78, 5) is 10.6. The Kier molecular flexibility index (Phi) is 3.40. The summed E-state index contributed by atoms with van der Waals surface area (Å²) < 4.78 is 7.23. The van der Waals surface area contributed by atoms with Gasteiger partial charge in [-0.1, -0.05) is 0 Å². The molecule has 0 radical (unpaired) electrons. The summed E-state index contributed by atoms with van der Waals surface area (Å²) >= 11 is 0. The van der Waals surface area contributed by atoms with Crippen LogP contribution in [0, 0.1) is 0 Å². The molecule has 0 unspecified atom stereocenters. The van der Waals surface area contributed by atoms with Crippen LogP contribution in [-0.2, 0) is 6.54 Å². The Morgan fingerprint density at radius 3 is 2.71 bits per heavy atom. The van der Waals surface area contributed by atoms with Crippen molar-refractivity contribution in [3.63, 3.8) is 0 Å². The van der Waals surface area contributed by atoms with E-state index < -0.39 is 5.97 Å². The van der Waals surface area contributed by atoms with Crippen molar-refractivity contribution in [2.45, 2.75) is 6.54 Å². The average Bonchev–Trinajstić information content (AvgIpc) is 2.83. The van der Waals surface area contributed by atoms with Gasteiger partial charge in [0.1, 0.15) is 12.4 Å². The normalized spacial score (nSPS) is 10.1. The first-order chi connectivity index (χ1) is 8.25. The summed E-state index contributed by atoms with van der Waals surface area (Å²) in [5, 5.41) is 12.8. The van der Waals surface area contributed by atoms with Gasteiger partial charge in [-0.15, -0.1) is 0 Å². The maximum atomic E-state index is 10.6. The first kappa shape index (κ1) is 11.2. The van der Waals surface area contributed by atoms with E-state index in [1.807, 2.05) is 12.3 Å². The minimum atomic E-state index is -0.937. The van der Waals surface area contributed by atoms with Gasteiger partial charge >= 0.3 is 5.97 Å². The number of ether oxygens (including phenoxy) is 1. The third-order valence-corrected chi connectivity index (χ3v) is 2.25. The molecular formula is C12H12N2O3. The van der Waals surface area contributed by atoms with Crippen LogP contribution in [0.25, 0.3) is 0 Å². The maximum Gasteiger partial charge on any atom is 0.335 e. The highest BCUT2D eigenvalue weighted by molar-refractivity contribution is 5.87. The van der Waals surface area contributed by atoms with E-state index in [0.717, 1.165) is 0 Å². The van der Waals surface area contributed by atoms with Gasteiger partial charge in [0.2, 0.25) is 0 Å². The molecule has 0 fully saturated rings. The standard InChI is InChI=1S/C12H12N2O3/c15-12(16)10-2-4-11(5-3-10)17-9-8-14-7-1-6-13-14/h1-7H,8-9H2,(H,15,16). The zero-order valence-corrected chi connectivity index (χ0v) is 9.11. The fourth-order valence-corrected chi connectivity index (χ4v) is 1.38. The molecule has 0 bridgehead atoms. The SMILES string of the molecule is O=C(O)c1ccc(OCCn2cccn2)cc1. The van der Waals surface area contributed by atoms with Crippen LogP contribution in [-0.4, -0.2) is 27.5 Å². The Balaban J connectivity index is 1.85. The van der Waals surface area contributed by atoms with E-state index in [1.165, 1.54) is 12.1 Å². The zero-order chi connectivity index (χ0) is 12.1. The summed E-state index contributed by atoms with van der Waals surface area (Å²) in [5.74, 6) is -0.282. The van der Waals surface area contributed by atoms with E-state index in [9.17, 15) is 4.79 Å². The van der Waals surface area contributed by atoms with Crippen molar-refractivity contribution >= 4 is 5.97 Å². The zero-order valence-electron chi connectivity index (χ0n) is 9.11. The molecule has 0 amide bonds. The van der Waals surface area contributed by atoms with E-state index in [2.05, 4.69) is 5.10 Å². The van der Waals surface area contributed by atoms with Crippen molar-refractivity contribution in [2.75, 3.05) is 6.61 Å². The predicted molar refractivity (Wildman–Crippen MR) is 61.1 cm³/mol. The third-order valence-electron chi connectivity index (χ3n) is 2.25. The number of hydrogen-bond donors (Lipinski definition) is 1. The Labute approximate surface area is 98.3 Å². The van der Waals surface area contributed by atoms with Crippen molar-refractivity contribution in [2.24, 2.45) is 0 Å². The summed E-state index contributed by atoms with van der Waals surface area (Å²) in [6.07, 6.45) is 3.57. The molecule has 0 aliphatic carbocycles. The first-order valence-electron chi connectivity index (χ1n) is 5.19. The van der Waals surface area contributed by atoms with Crippen LogP contribution in [0.4, 0.5) is 0 Å². The molecule has 2 aromatic rings. The molecule has 0 spiro atoms. The fraction of sp³-hybridized carbons (Fsp3) is 0.167. The van der Waals surface area contributed by atoms with Gasteiger partial charge in [-0.2, -0.15) is 5.10 Å². The van der Waals surface area contributed by atoms with Crippen LogP contribution in [0.1, 0.15) is 10.4 Å². The van der Waals surface area contributed by atoms with Crippen molar-refractivity contribution in [1.29, 1.82) is 0 Å². The molecule has 88 valence electrons. The van der Waals surface area contributed by atoms with Gasteiger partial charge in [0.25, 0.3) is 0 Å². The summed E-state index contributed by atoms with van der Waals surface area (Å²) in [6, 6.07) is 8.18. The topological polar surface area (TPSA) is 64.3 Å². The molecule has 1 aromatic heterocycles. The molecule has 5 nitrogen and oxygen atoms in total. The third kappa shape index (κ3) is 3.07. The molecule has 2 rings (SSSR count). The number of rotatable bonds is 5. The Bertz CT molecular complexity index is 477. The van der Waals surface area contributed by atoms with E-state index >= 15 is 0 Å². The number of nitrogens with zero attached hydrogens (tertiary/aromatic N) is 2. The Morgan fingerprint density at radius 2 is 2.12 bits per heavy atom. The highest BCUT2D eigenvalue weighted by Gasteiger charge is 2.01. The smallest absolute Gasteiger partial charge is 0.335 e. The van der Waals surface area contributed by atoms with Crippen LogP contribution in [0.5, 0.6) is 5.75 Å². The molecule has 0 saturated carbocycles. The van der Waals surface area contributed by atoms with Crippen LogP contribution < -0.4 is 4.74 Å². The van der Waals surface area contributed by atoms with Crippen LogP contribution in [0.3, 0.4) is 0 Å². The van der Waals surface area contributed by atoms with Crippen molar-refractivity contribution in [3.05, 3.63) is 48.3 Å². The Morgan fingerprint density at radius 1 is 1.35 bits per heavy atom. The molecule has 0 aliphatic heterocycles. The van der Waals surface area contributed by atoms with Crippen molar-refractivity contribution < 1.29 is 14.6 Å². The van der Waals surface area contributed by atoms with Gasteiger partial charge in [-0.25, -0.2) is 4.79 Å². The summed E-state index contributed by atoms with van der Waals surface area (Å²) in [5.41, 5.74) is 0.254. The molecule has 0 atom stereocenters. The lowest BCUT2D eigenvalue weighted by Gasteiger charge is -2.06. The number of benzene rings is 1. The lowest BCUT2D eigenvalue weighted by atomic mass is 10.2. The summed E-state index contributed by atoms with van der Waals surface area (Å²) in [6.45, 7) is 1.15. The van der Waals surface area contributed by atoms with E-state index in [4.69, 9.17) is 9.84 Å². The maximum absolute atomic E-state index is 10.6. The van der Waals surface area contributed by atoms with Gasteiger partial charge in [0, 0.05) is 12.4 Å². The first-order valence-corrected chi connectivity index (χ1v) is 5.19. The molecule has 17 heavy (non-hydrogen) atoms. The lowest BCUT2D eigenvalue weighted by molar-refractivity contribution is 0.0697. The highest BCUT2D eigenvalue weighted by atomic mass is 16.5. The quantitative estimate of drug-likeness (QED) is 0.851. The molecule has 1 aromatic carbocycles.